The van der Waals surface area contributed by atoms with Crippen molar-refractivity contribution in [3.05, 3.63) is 69.8 Å². The van der Waals surface area contributed by atoms with E-state index in [9.17, 15) is 0 Å². The van der Waals surface area contributed by atoms with Crippen molar-refractivity contribution in [2.45, 2.75) is 67.7 Å². The molecule has 0 radical (unpaired) electrons. The van der Waals surface area contributed by atoms with Gasteiger partial charge in [0.1, 0.15) is 0 Å². The fourth-order valence-electron chi connectivity index (χ4n) is 3.73. The van der Waals surface area contributed by atoms with Gasteiger partial charge < -0.3 is 24.8 Å². The molecule has 3 aromatic rings. The van der Waals surface area contributed by atoms with E-state index >= 15 is 0 Å². The van der Waals surface area contributed by atoms with Gasteiger partial charge in [0.2, 0.25) is 0 Å². The minimum Gasteiger partial charge on any atom is -1.00 e. The van der Waals surface area contributed by atoms with Crippen LogP contribution in [0.25, 0.3) is 10.8 Å². The molecule has 0 unspecified atom stereocenters. The topological polar surface area (TPSA) is 0 Å². The quantitative estimate of drug-likeness (QED) is 0.479. The molecule has 0 aliphatic carbocycles. The van der Waals surface area contributed by atoms with Crippen molar-refractivity contribution in [1.29, 1.82) is 0 Å². The number of benzene rings is 1. The van der Waals surface area contributed by atoms with Gasteiger partial charge >= 0.3 is 26.2 Å². The summed E-state index contributed by atoms with van der Waals surface area (Å²) in [6.45, 7) is 15.7. The number of hydrogen-bond acceptors (Lipinski definition) is 0. The average molecular weight is 497 g/mol. The molecular weight excluding hydrogens is 462 g/mol. The zero-order chi connectivity index (χ0) is 18.6. The molecule has 0 saturated heterocycles. The second kappa shape index (κ2) is 13.8. The van der Waals surface area contributed by atoms with Gasteiger partial charge in [-0.2, -0.15) is 33.9 Å². The van der Waals surface area contributed by atoms with Crippen LogP contribution in [0.3, 0.4) is 0 Å². The molecule has 3 rings (SSSR count). The van der Waals surface area contributed by atoms with Crippen molar-refractivity contribution >= 4 is 10.8 Å². The Labute approximate surface area is 204 Å². The van der Waals surface area contributed by atoms with Crippen LogP contribution in [0.5, 0.6) is 0 Å². The Morgan fingerprint density at radius 1 is 1.00 bits per heavy atom. The monoisotopic (exact) mass is 494 g/mol. The molecule has 0 atom stereocenters. The molecule has 0 amide bonds. The summed E-state index contributed by atoms with van der Waals surface area (Å²) in [7, 11) is 0. The van der Waals surface area contributed by atoms with Crippen molar-refractivity contribution in [3.63, 3.8) is 0 Å². The molecule has 0 nitrogen and oxygen atoms in total. The first-order valence-corrected chi connectivity index (χ1v) is 9.71. The Balaban J connectivity index is 0. The van der Waals surface area contributed by atoms with Crippen molar-refractivity contribution in [2.75, 3.05) is 0 Å². The first-order valence-electron chi connectivity index (χ1n) is 9.71. The van der Waals surface area contributed by atoms with E-state index in [1.54, 1.807) is 5.56 Å². The molecule has 3 aromatic carbocycles. The molecule has 0 spiro atoms. The number of halogens is 2. The van der Waals surface area contributed by atoms with Gasteiger partial charge in [-0.15, -0.1) is 40.6 Å². The van der Waals surface area contributed by atoms with Gasteiger partial charge in [0.15, 0.2) is 0 Å². The van der Waals surface area contributed by atoms with Crippen LogP contribution in [-0.4, -0.2) is 0 Å². The minimum atomic E-state index is 0. The van der Waals surface area contributed by atoms with Crippen LogP contribution in [0.2, 0.25) is 0 Å². The maximum Gasteiger partial charge on any atom is 4.00 e. The smallest absolute Gasteiger partial charge is 1.00 e. The van der Waals surface area contributed by atoms with Gasteiger partial charge in [-0.05, 0) is 12.3 Å². The number of fused-ring (bicyclic) bond motifs is 1. The molecule has 28 heavy (non-hydrogen) atoms. The SMILES string of the molecule is CC(C)Cc1cc2ccccc2[cH-]1.CCCc1c(C)c(C)c(C)[c-]1C.[Cl-].[Cl-].[Zr+4]. The van der Waals surface area contributed by atoms with Crippen LogP contribution in [0.4, 0.5) is 0 Å². The Kier molecular flexibility index (Phi) is 14.7. The molecule has 3 heteroatoms. The van der Waals surface area contributed by atoms with E-state index in [2.05, 4.69) is 84.9 Å². The molecule has 0 aliphatic heterocycles. The van der Waals surface area contributed by atoms with Gasteiger partial charge in [0, 0.05) is 0 Å². The normalized spacial score (nSPS) is 9.86. The molecule has 152 valence electrons. The third-order valence-corrected chi connectivity index (χ3v) is 5.41. The molecule has 0 N–H and O–H groups in total. The Morgan fingerprint density at radius 2 is 1.61 bits per heavy atom. The minimum absolute atomic E-state index is 0. The Bertz CT molecular complexity index is 766. The maximum absolute atomic E-state index is 2.30. The fraction of sp³-hybridized carbons (Fsp3) is 0.440. The largest absolute Gasteiger partial charge is 4.00 e. The van der Waals surface area contributed by atoms with E-state index in [0.717, 1.165) is 5.92 Å². The van der Waals surface area contributed by atoms with E-state index in [4.69, 9.17) is 0 Å². The summed E-state index contributed by atoms with van der Waals surface area (Å²) in [5.41, 5.74) is 9.09. The zero-order valence-corrected chi connectivity index (χ0v) is 22.4. The Morgan fingerprint density at radius 3 is 2.07 bits per heavy atom. The predicted molar refractivity (Wildman–Crippen MR) is 113 cm³/mol. The van der Waals surface area contributed by atoms with Gasteiger partial charge in [0.25, 0.3) is 0 Å². The molecule has 0 bridgehead atoms. The summed E-state index contributed by atoms with van der Waals surface area (Å²) >= 11 is 0. The van der Waals surface area contributed by atoms with Crippen LogP contribution in [-0.2, 0) is 39.0 Å². The zero-order valence-electron chi connectivity index (χ0n) is 18.4. The van der Waals surface area contributed by atoms with E-state index in [1.807, 2.05) is 0 Å². The van der Waals surface area contributed by atoms with Crippen molar-refractivity contribution in [3.8, 4) is 0 Å². The average Bonchev–Trinajstić information content (AvgIpc) is 3.05. The summed E-state index contributed by atoms with van der Waals surface area (Å²) in [6, 6.07) is 13.2. The van der Waals surface area contributed by atoms with E-state index in [0.29, 0.717) is 0 Å². The molecule has 0 aliphatic rings. The van der Waals surface area contributed by atoms with Crippen LogP contribution in [0, 0.1) is 33.6 Å². The van der Waals surface area contributed by atoms with Crippen LogP contribution in [0.1, 0.15) is 60.6 Å². The third kappa shape index (κ3) is 7.48. The van der Waals surface area contributed by atoms with Crippen LogP contribution >= 0.6 is 0 Å². The molecule has 0 saturated carbocycles. The molecule has 0 heterocycles. The summed E-state index contributed by atoms with van der Waals surface area (Å²) in [5, 5.41) is 2.75. The first kappa shape index (κ1) is 29.8. The second-order valence-corrected chi connectivity index (χ2v) is 7.82. The summed E-state index contributed by atoms with van der Waals surface area (Å²) < 4.78 is 0. The second-order valence-electron chi connectivity index (χ2n) is 7.82. The van der Waals surface area contributed by atoms with Gasteiger partial charge in [-0.25, -0.2) is 0 Å². The third-order valence-electron chi connectivity index (χ3n) is 5.41. The van der Waals surface area contributed by atoms with E-state index in [1.165, 1.54) is 57.9 Å². The molecule has 0 fully saturated rings. The van der Waals surface area contributed by atoms with Crippen molar-refractivity contribution < 1.29 is 51.0 Å². The van der Waals surface area contributed by atoms with Gasteiger partial charge in [-0.3, -0.25) is 0 Å². The number of hydrogen-bond donors (Lipinski definition) is 0. The molecule has 0 aromatic heterocycles. The van der Waals surface area contributed by atoms with E-state index in [-0.39, 0.29) is 51.0 Å². The summed E-state index contributed by atoms with van der Waals surface area (Å²) in [5.74, 6) is 0.747. The first-order chi connectivity index (χ1) is 11.8. The molecular formula is C25H34Cl2Zr. The van der Waals surface area contributed by atoms with Gasteiger partial charge in [0.05, 0.1) is 0 Å². The van der Waals surface area contributed by atoms with Crippen LogP contribution < -0.4 is 24.8 Å². The van der Waals surface area contributed by atoms with E-state index < -0.39 is 0 Å². The fourth-order valence-corrected chi connectivity index (χ4v) is 3.73. The summed E-state index contributed by atoms with van der Waals surface area (Å²) in [4.78, 5) is 0. The van der Waals surface area contributed by atoms with Crippen molar-refractivity contribution in [2.24, 2.45) is 5.92 Å². The van der Waals surface area contributed by atoms with Crippen molar-refractivity contribution in [1.82, 2.24) is 0 Å². The Hall–Kier alpha value is -0.357. The summed E-state index contributed by atoms with van der Waals surface area (Å²) in [6.07, 6.45) is 3.69. The predicted octanol–water partition coefficient (Wildman–Crippen LogP) is 1.35. The standard InChI is InChI=1S/C13H15.C12H19.2ClH.Zr/c1-10(2)7-11-8-12-5-3-4-6-13(12)9-11;1-6-7-12-10(4)8(2)9(3)11(12)5;;;/h3-6,8-10H,7H2,1-2H3;6-7H2,1-5H3;2*1H;/q2*-1;;;+4/p-2. The number of rotatable bonds is 4. The van der Waals surface area contributed by atoms with Crippen LogP contribution in [0.15, 0.2) is 36.4 Å². The van der Waals surface area contributed by atoms with Gasteiger partial charge in [-0.1, -0.05) is 67.4 Å². The maximum atomic E-state index is 2.30.